The highest BCUT2D eigenvalue weighted by atomic mass is 16.6. The number of carbonyl (C=O) groups excluding carboxylic acids is 3. The summed E-state index contributed by atoms with van der Waals surface area (Å²) in [6, 6.07) is 0. The molecule has 0 aromatic rings. The third-order valence-electron chi connectivity index (χ3n) is 13.1. The number of rotatable bonds is 55. The van der Waals surface area contributed by atoms with Crippen LogP contribution in [0.15, 0.2) is 97.2 Å². The molecule has 0 saturated heterocycles. The molecule has 0 aliphatic heterocycles. The fourth-order valence-corrected chi connectivity index (χ4v) is 8.48. The Morgan fingerprint density at radius 3 is 0.863 bits per heavy atom. The molecule has 0 aromatic heterocycles. The molecule has 0 spiro atoms. The van der Waals surface area contributed by atoms with Gasteiger partial charge in [-0.2, -0.15) is 0 Å². The van der Waals surface area contributed by atoms with E-state index in [1.807, 2.05) is 0 Å². The molecule has 0 heterocycles. The quantitative estimate of drug-likeness (QED) is 0.0261. The molecule has 0 radical (unpaired) electrons. The van der Waals surface area contributed by atoms with Crippen molar-refractivity contribution >= 4 is 17.9 Å². The number of carbonyl (C=O) groups is 3. The molecule has 0 fully saturated rings. The largest absolute Gasteiger partial charge is 0.462 e. The van der Waals surface area contributed by atoms with E-state index in [0.717, 1.165) is 122 Å². The average molecular weight is 1020 g/mol. The van der Waals surface area contributed by atoms with Gasteiger partial charge >= 0.3 is 17.9 Å². The van der Waals surface area contributed by atoms with Crippen LogP contribution in [0, 0.1) is 0 Å². The van der Waals surface area contributed by atoms with Gasteiger partial charge < -0.3 is 14.2 Å². The van der Waals surface area contributed by atoms with Gasteiger partial charge in [0.1, 0.15) is 13.2 Å². The van der Waals surface area contributed by atoms with E-state index in [0.29, 0.717) is 19.3 Å². The van der Waals surface area contributed by atoms with Crippen molar-refractivity contribution in [1.82, 2.24) is 0 Å². The highest BCUT2D eigenvalue weighted by Crippen LogP contribution is 2.16. The standard InChI is InChI=1S/C67H114O6/c1-4-7-10-13-16-19-21-23-25-26-27-28-29-30-31-32-33-34-35-36-37-38-39-40-42-43-45-48-51-54-57-60-66(69)72-63-64(62-71-65(68)59-56-53-50-47-18-15-12-9-6-3)73-67(70)61-58-55-52-49-46-44-41-24-22-20-17-14-11-8-5-2/h7,10,16-17,19-20,23-25,27-28,30-31,33-34,41,64H,4-6,8-9,11-15,18,21-22,26,29,32,35-40,42-63H2,1-3H3/b10-7-,19-16-,20-17-,25-23-,28-27-,31-30-,34-33-,41-24-. The Morgan fingerprint density at radius 2 is 0.534 bits per heavy atom. The molecule has 0 bridgehead atoms. The Hall–Kier alpha value is -3.67. The van der Waals surface area contributed by atoms with Crippen LogP contribution < -0.4 is 0 Å². The summed E-state index contributed by atoms with van der Waals surface area (Å²) in [6.45, 7) is 6.48. The second kappa shape index (κ2) is 60.9. The Labute approximate surface area is 451 Å². The Kier molecular flexibility index (Phi) is 57.8. The number of ether oxygens (including phenoxy) is 3. The summed E-state index contributed by atoms with van der Waals surface area (Å²) >= 11 is 0. The van der Waals surface area contributed by atoms with Crippen molar-refractivity contribution in [3.8, 4) is 0 Å². The molecule has 0 aliphatic carbocycles. The second-order valence-electron chi connectivity index (χ2n) is 20.2. The first-order valence-corrected chi connectivity index (χ1v) is 30.7. The lowest BCUT2D eigenvalue weighted by atomic mass is 10.0. The smallest absolute Gasteiger partial charge is 0.306 e. The zero-order valence-corrected chi connectivity index (χ0v) is 47.9. The van der Waals surface area contributed by atoms with Crippen LogP contribution in [-0.2, 0) is 28.6 Å². The molecule has 0 N–H and O–H groups in total. The van der Waals surface area contributed by atoms with Gasteiger partial charge in [0.25, 0.3) is 0 Å². The minimum absolute atomic E-state index is 0.0808. The van der Waals surface area contributed by atoms with Crippen molar-refractivity contribution in [2.75, 3.05) is 13.2 Å². The van der Waals surface area contributed by atoms with E-state index >= 15 is 0 Å². The third-order valence-corrected chi connectivity index (χ3v) is 13.1. The van der Waals surface area contributed by atoms with Gasteiger partial charge in [-0.05, 0) is 103 Å². The van der Waals surface area contributed by atoms with Gasteiger partial charge in [-0.25, -0.2) is 0 Å². The highest BCUT2D eigenvalue weighted by Gasteiger charge is 2.19. The van der Waals surface area contributed by atoms with Gasteiger partial charge in [0.05, 0.1) is 0 Å². The molecular formula is C67H114O6. The van der Waals surface area contributed by atoms with Crippen molar-refractivity contribution in [3.63, 3.8) is 0 Å². The predicted octanol–water partition coefficient (Wildman–Crippen LogP) is 20.9. The van der Waals surface area contributed by atoms with E-state index in [-0.39, 0.29) is 31.1 Å². The lowest BCUT2D eigenvalue weighted by molar-refractivity contribution is -0.167. The van der Waals surface area contributed by atoms with Crippen molar-refractivity contribution in [2.24, 2.45) is 0 Å². The van der Waals surface area contributed by atoms with Gasteiger partial charge in [-0.1, -0.05) is 266 Å². The first kappa shape index (κ1) is 69.3. The van der Waals surface area contributed by atoms with Gasteiger partial charge in [0.2, 0.25) is 0 Å². The summed E-state index contributed by atoms with van der Waals surface area (Å²) in [7, 11) is 0. The molecule has 0 saturated carbocycles. The predicted molar refractivity (Wildman–Crippen MR) is 316 cm³/mol. The summed E-state index contributed by atoms with van der Waals surface area (Å²) < 4.78 is 16.8. The normalized spacial score (nSPS) is 12.8. The van der Waals surface area contributed by atoms with E-state index in [2.05, 4.69) is 118 Å². The maximum atomic E-state index is 12.8. The molecule has 0 amide bonds. The van der Waals surface area contributed by atoms with Gasteiger partial charge in [0, 0.05) is 19.3 Å². The fraction of sp³-hybridized carbons (Fsp3) is 0.716. The first-order valence-electron chi connectivity index (χ1n) is 30.7. The topological polar surface area (TPSA) is 78.9 Å². The second-order valence-corrected chi connectivity index (χ2v) is 20.2. The summed E-state index contributed by atoms with van der Waals surface area (Å²) in [5, 5.41) is 0. The highest BCUT2D eigenvalue weighted by molar-refractivity contribution is 5.71. The minimum Gasteiger partial charge on any atom is -0.462 e. The van der Waals surface area contributed by atoms with Crippen LogP contribution in [0.5, 0.6) is 0 Å². The number of allylic oxidation sites excluding steroid dienone is 16. The van der Waals surface area contributed by atoms with E-state index in [1.165, 1.54) is 128 Å². The number of esters is 3. The molecule has 6 nitrogen and oxygen atoms in total. The number of hydrogen-bond donors (Lipinski definition) is 0. The Morgan fingerprint density at radius 1 is 0.288 bits per heavy atom. The molecule has 73 heavy (non-hydrogen) atoms. The van der Waals surface area contributed by atoms with Gasteiger partial charge in [-0.15, -0.1) is 0 Å². The summed E-state index contributed by atoms with van der Waals surface area (Å²) in [4.78, 5) is 38.1. The average Bonchev–Trinajstić information content (AvgIpc) is 3.39. The lowest BCUT2D eigenvalue weighted by Gasteiger charge is -2.18. The summed E-state index contributed by atoms with van der Waals surface area (Å²) in [6.07, 6.45) is 81.3. The van der Waals surface area contributed by atoms with Gasteiger partial charge in [0.15, 0.2) is 6.10 Å². The SMILES string of the molecule is CC/C=C\C/C=C\C/C=C\C/C=C\C/C=C\C/C=C\CCCCCCCCCCCCCCC(=O)OCC(COC(=O)CCCCCCCCCCC)OC(=O)CCCCCCC/C=C\C/C=C\CCCCC. The number of hydrogen-bond acceptors (Lipinski definition) is 6. The van der Waals surface area contributed by atoms with Gasteiger partial charge in [-0.3, -0.25) is 14.4 Å². The van der Waals surface area contributed by atoms with E-state index in [1.54, 1.807) is 0 Å². The lowest BCUT2D eigenvalue weighted by Crippen LogP contribution is -2.30. The molecular weight excluding hydrogens is 901 g/mol. The van der Waals surface area contributed by atoms with Crippen molar-refractivity contribution in [3.05, 3.63) is 97.2 Å². The van der Waals surface area contributed by atoms with Crippen molar-refractivity contribution < 1.29 is 28.6 Å². The molecule has 0 aromatic carbocycles. The summed E-state index contributed by atoms with van der Waals surface area (Å²) in [5.41, 5.74) is 0. The van der Waals surface area contributed by atoms with Crippen molar-refractivity contribution in [1.29, 1.82) is 0 Å². The van der Waals surface area contributed by atoms with Crippen molar-refractivity contribution in [2.45, 2.75) is 297 Å². The fourth-order valence-electron chi connectivity index (χ4n) is 8.48. The van der Waals surface area contributed by atoms with E-state index < -0.39 is 6.10 Å². The maximum absolute atomic E-state index is 12.8. The molecule has 6 heteroatoms. The van der Waals surface area contributed by atoms with Crippen LogP contribution in [0.25, 0.3) is 0 Å². The van der Waals surface area contributed by atoms with Crippen LogP contribution in [-0.4, -0.2) is 37.2 Å². The van der Waals surface area contributed by atoms with E-state index in [9.17, 15) is 14.4 Å². The minimum atomic E-state index is -0.783. The third kappa shape index (κ3) is 59.1. The summed E-state index contributed by atoms with van der Waals surface area (Å²) in [5.74, 6) is -0.894. The van der Waals surface area contributed by atoms with Crippen LogP contribution in [0.4, 0.5) is 0 Å². The first-order chi connectivity index (χ1) is 36.0. The number of unbranched alkanes of at least 4 members (excludes halogenated alkanes) is 28. The zero-order valence-electron chi connectivity index (χ0n) is 47.9. The Bertz CT molecular complexity index is 1440. The molecule has 1 unspecified atom stereocenters. The van der Waals surface area contributed by atoms with Crippen LogP contribution in [0.2, 0.25) is 0 Å². The van der Waals surface area contributed by atoms with E-state index in [4.69, 9.17) is 14.2 Å². The molecule has 0 rings (SSSR count). The molecule has 0 aliphatic rings. The maximum Gasteiger partial charge on any atom is 0.306 e. The molecule has 418 valence electrons. The zero-order chi connectivity index (χ0) is 52.9. The van der Waals surface area contributed by atoms with Crippen LogP contribution >= 0.6 is 0 Å². The van der Waals surface area contributed by atoms with Crippen LogP contribution in [0.3, 0.4) is 0 Å². The monoisotopic (exact) mass is 1010 g/mol. The Balaban J connectivity index is 4.16. The molecule has 1 atom stereocenters. The van der Waals surface area contributed by atoms with Crippen LogP contribution in [0.1, 0.15) is 290 Å².